The van der Waals surface area contributed by atoms with Gasteiger partial charge in [0.05, 0.1) is 35.6 Å². The van der Waals surface area contributed by atoms with Crippen LogP contribution in [0.4, 0.5) is 17.1 Å². The Kier molecular flexibility index (Phi) is 5.84. The lowest BCUT2D eigenvalue weighted by Gasteiger charge is -2.35. The molecular formula is C28H21ClN4O6. The summed E-state index contributed by atoms with van der Waals surface area (Å²) in [4.78, 5) is 55.4. The lowest BCUT2D eigenvalue weighted by Crippen LogP contribution is -2.46. The molecule has 0 aromatic heterocycles. The van der Waals surface area contributed by atoms with Crippen molar-refractivity contribution in [2.45, 2.75) is 12.1 Å². The summed E-state index contributed by atoms with van der Waals surface area (Å²) in [5, 5.41) is 14.0. The summed E-state index contributed by atoms with van der Waals surface area (Å²) in [6, 6.07) is 16.6. The quantitative estimate of drug-likeness (QED) is 0.287. The Morgan fingerprint density at radius 2 is 1.74 bits per heavy atom. The van der Waals surface area contributed by atoms with Gasteiger partial charge in [0, 0.05) is 18.0 Å². The molecule has 0 aliphatic carbocycles. The van der Waals surface area contributed by atoms with E-state index in [1.54, 1.807) is 35.4 Å². The number of anilines is 2. The lowest BCUT2D eigenvalue weighted by molar-refractivity contribution is -0.384. The molecule has 3 aromatic rings. The van der Waals surface area contributed by atoms with Gasteiger partial charge in [0.2, 0.25) is 17.7 Å². The Morgan fingerprint density at radius 1 is 1.03 bits per heavy atom. The maximum absolute atomic E-state index is 14.0. The second-order valence-corrected chi connectivity index (χ2v) is 9.84. The molecule has 0 unspecified atom stereocenters. The van der Waals surface area contributed by atoms with Crippen molar-refractivity contribution in [3.63, 3.8) is 0 Å². The fraction of sp³-hybridized carbons (Fsp3) is 0.179. The fourth-order valence-electron chi connectivity index (χ4n) is 5.86. The van der Waals surface area contributed by atoms with Gasteiger partial charge in [-0.1, -0.05) is 48.0 Å². The van der Waals surface area contributed by atoms with Crippen molar-refractivity contribution >= 4 is 52.5 Å². The van der Waals surface area contributed by atoms with Gasteiger partial charge in [-0.05, 0) is 41.5 Å². The number of amides is 3. The number of rotatable bonds is 5. The van der Waals surface area contributed by atoms with Crippen LogP contribution in [0.3, 0.4) is 0 Å². The van der Waals surface area contributed by atoms with Crippen molar-refractivity contribution in [3.8, 4) is 5.75 Å². The van der Waals surface area contributed by atoms with E-state index in [9.17, 15) is 24.5 Å². The van der Waals surface area contributed by atoms with Gasteiger partial charge in [0.1, 0.15) is 16.8 Å². The number of nitrogens with one attached hydrogen (secondary N) is 1. The largest absolute Gasteiger partial charge is 0.495 e. The molecule has 196 valence electrons. The Bertz CT molecular complexity index is 1590. The second kappa shape index (κ2) is 9.25. The molecule has 11 heteroatoms. The molecular weight excluding hydrogens is 524 g/mol. The molecule has 0 saturated carbocycles. The number of nitro benzene ring substituents is 1. The van der Waals surface area contributed by atoms with Crippen LogP contribution in [-0.4, -0.2) is 40.7 Å². The topological polar surface area (TPSA) is 122 Å². The maximum Gasteiger partial charge on any atom is 0.289 e. The number of hydrogen-bond acceptors (Lipinski definition) is 7. The zero-order chi connectivity index (χ0) is 27.4. The van der Waals surface area contributed by atoms with Crippen molar-refractivity contribution in [3.05, 3.63) is 99.2 Å². The SMILES string of the molecule is COc1ccccc1N1C(=O)[C@@H]2[C@H](C1=O)[C@H]1c3ccccc3C=CN1[C@@H]2C(=O)Nc1ccc(Cl)c([N+](=O)[O-])c1. The van der Waals surface area contributed by atoms with E-state index in [4.69, 9.17) is 16.3 Å². The monoisotopic (exact) mass is 544 g/mol. The van der Waals surface area contributed by atoms with Crippen molar-refractivity contribution in [2.75, 3.05) is 17.3 Å². The van der Waals surface area contributed by atoms with Crippen LogP contribution in [0.25, 0.3) is 6.08 Å². The number of fused-ring (bicyclic) bond motifs is 5. The highest BCUT2D eigenvalue weighted by molar-refractivity contribution is 6.32. The van der Waals surface area contributed by atoms with E-state index in [0.29, 0.717) is 11.4 Å². The molecule has 3 aliphatic heterocycles. The molecule has 3 aliphatic rings. The Labute approximate surface area is 227 Å². The zero-order valence-electron chi connectivity index (χ0n) is 20.5. The second-order valence-electron chi connectivity index (χ2n) is 9.43. The van der Waals surface area contributed by atoms with Crippen LogP contribution in [0.1, 0.15) is 17.2 Å². The predicted molar refractivity (Wildman–Crippen MR) is 143 cm³/mol. The number of nitrogens with zero attached hydrogens (tertiary/aromatic N) is 3. The summed E-state index contributed by atoms with van der Waals surface area (Å²) in [5.41, 5.74) is 1.81. The highest BCUT2D eigenvalue weighted by Crippen LogP contribution is 2.54. The van der Waals surface area contributed by atoms with Gasteiger partial charge in [0.25, 0.3) is 5.69 Å². The van der Waals surface area contributed by atoms with Crippen LogP contribution < -0.4 is 15.0 Å². The lowest BCUT2D eigenvalue weighted by atomic mass is 9.84. The van der Waals surface area contributed by atoms with E-state index in [1.807, 2.05) is 30.3 Å². The third-order valence-corrected chi connectivity index (χ3v) is 7.79. The van der Waals surface area contributed by atoms with Crippen LogP contribution >= 0.6 is 11.6 Å². The molecule has 3 heterocycles. The molecule has 0 radical (unpaired) electrons. The summed E-state index contributed by atoms with van der Waals surface area (Å²) < 4.78 is 5.42. The fourth-order valence-corrected chi connectivity index (χ4v) is 6.04. The van der Waals surface area contributed by atoms with Crippen LogP contribution in [-0.2, 0) is 14.4 Å². The third kappa shape index (κ3) is 3.75. The third-order valence-electron chi connectivity index (χ3n) is 7.47. The Balaban J connectivity index is 1.44. The smallest absolute Gasteiger partial charge is 0.289 e. The highest BCUT2D eigenvalue weighted by atomic mass is 35.5. The first-order valence-electron chi connectivity index (χ1n) is 12.1. The van der Waals surface area contributed by atoms with E-state index < -0.39 is 46.6 Å². The first-order valence-corrected chi connectivity index (χ1v) is 12.5. The number of para-hydroxylation sites is 2. The molecule has 1 N–H and O–H groups in total. The molecule has 10 nitrogen and oxygen atoms in total. The summed E-state index contributed by atoms with van der Waals surface area (Å²) in [7, 11) is 1.45. The average Bonchev–Trinajstić information content (AvgIpc) is 3.41. The Hall–Kier alpha value is -4.70. The predicted octanol–water partition coefficient (Wildman–Crippen LogP) is 4.41. The van der Waals surface area contributed by atoms with Crippen molar-refractivity contribution in [2.24, 2.45) is 11.8 Å². The van der Waals surface area contributed by atoms with Gasteiger partial charge < -0.3 is 15.0 Å². The van der Waals surface area contributed by atoms with Crippen LogP contribution in [0.5, 0.6) is 5.75 Å². The number of hydrogen-bond donors (Lipinski definition) is 1. The van der Waals surface area contributed by atoms with Gasteiger partial charge in [-0.2, -0.15) is 0 Å². The number of imide groups is 1. The van der Waals surface area contributed by atoms with Gasteiger partial charge >= 0.3 is 0 Å². The standard InChI is InChI=1S/C28H21ClN4O6/c1-39-21-9-5-4-8-19(21)32-27(35)22-23(28(32)36)25(31-13-12-15-6-2-3-7-17(15)24(22)31)26(34)30-16-10-11-18(29)20(14-16)33(37)38/h2-14,22-25H,1H3,(H,30,34)/t22-,23+,24+,25-/m0/s1. The van der Waals surface area contributed by atoms with Crippen LogP contribution in [0.15, 0.2) is 72.9 Å². The van der Waals surface area contributed by atoms with Crippen LogP contribution in [0, 0.1) is 22.0 Å². The first kappa shape index (κ1) is 24.6. The zero-order valence-corrected chi connectivity index (χ0v) is 21.2. The molecule has 3 amide bonds. The van der Waals surface area contributed by atoms with Crippen molar-refractivity contribution < 1.29 is 24.0 Å². The molecule has 2 saturated heterocycles. The number of halogens is 1. The minimum atomic E-state index is -1.06. The van der Waals surface area contributed by atoms with Gasteiger partial charge in [-0.3, -0.25) is 24.5 Å². The van der Waals surface area contributed by atoms with E-state index in [2.05, 4.69) is 5.32 Å². The first-order chi connectivity index (χ1) is 18.8. The summed E-state index contributed by atoms with van der Waals surface area (Å²) in [6.07, 6.45) is 3.57. The van der Waals surface area contributed by atoms with E-state index in [0.717, 1.165) is 22.1 Å². The normalized spacial score (nSPS) is 22.8. The van der Waals surface area contributed by atoms with E-state index >= 15 is 0 Å². The number of carbonyl (C=O) groups excluding carboxylic acids is 3. The summed E-state index contributed by atoms with van der Waals surface area (Å²) >= 11 is 5.93. The maximum atomic E-state index is 14.0. The Morgan fingerprint density at radius 3 is 2.51 bits per heavy atom. The molecule has 39 heavy (non-hydrogen) atoms. The van der Waals surface area contributed by atoms with Gasteiger partial charge in [-0.15, -0.1) is 0 Å². The van der Waals surface area contributed by atoms with Gasteiger partial charge in [-0.25, -0.2) is 4.90 Å². The molecule has 0 spiro atoms. The number of benzene rings is 3. The summed E-state index contributed by atoms with van der Waals surface area (Å²) in [6.45, 7) is 0. The summed E-state index contributed by atoms with van der Waals surface area (Å²) in [5.74, 6) is -3.01. The van der Waals surface area contributed by atoms with E-state index in [1.165, 1.54) is 19.2 Å². The number of nitro groups is 1. The van der Waals surface area contributed by atoms with E-state index in [-0.39, 0.29) is 16.4 Å². The molecule has 0 bridgehead atoms. The number of methoxy groups -OCH3 is 1. The average molecular weight is 545 g/mol. The molecule has 3 aromatic carbocycles. The molecule has 6 rings (SSSR count). The van der Waals surface area contributed by atoms with Crippen LogP contribution in [0.2, 0.25) is 5.02 Å². The van der Waals surface area contributed by atoms with Crippen molar-refractivity contribution in [1.82, 2.24) is 4.90 Å². The van der Waals surface area contributed by atoms with Gasteiger partial charge in [0.15, 0.2) is 0 Å². The minimum Gasteiger partial charge on any atom is -0.495 e. The molecule has 2 fully saturated rings. The highest BCUT2D eigenvalue weighted by Gasteiger charge is 2.65. The van der Waals surface area contributed by atoms with Crippen molar-refractivity contribution in [1.29, 1.82) is 0 Å². The minimum absolute atomic E-state index is 0.0708. The number of ether oxygens (including phenoxy) is 1. The number of carbonyl (C=O) groups is 3. The molecule has 4 atom stereocenters.